The Morgan fingerprint density at radius 2 is 1.38 bits per heavy atom. The highest BCUT2D eigenvalue weighted by molar-refractivity contribution is 7.38. The van der Waals surface area contributed by atoms with Gasteiger partial charge in [-0.25, -0.2) is 0 Å². The van der Waals surface area contributed by atoms with Gasteiger partial charge in [0.05, 0.1) is 0 Å². The molecule has 0 atom stereocenters. The third kappa shape index (κ3) is 4.59. The lowest BCUT2D eigenvalue weighted by molar-refractivity contribution is 0.759. The zero-order valence-electron chi connectivity index (χ0n) is 6.04. The molecule has 0 unspecified atom stereocenters. The molecule has 0 nitrogen and oxygen atoms in total. The van der Waals surface area contributed by atoms with Crippen LogP contribution in [-0.2, 0) is 0 Å². The first-order valence-electron chi connectivity index (χ1n) is 3.71. The van der Waals surface area contributed by atoms with Gasteiger partial charge in [-0.2, -0.15) is 0 Å². The first-order chi connectivity index (χ1) is 4.00. The molecular weight excluding hydrogens is 115 g/mol. The van der Waals surface area contributed by atoms with E-state index >= 15 is 0 Å². The molecule has 0 aromatic heterocycles. The molecule has 0 aromatic rings. The topological polar surface area (TPSA) is 0 Å². The third-order valence-electron chi connectivity index (χ3n) is 1.21. The maximum Gasteiger partial charge on any atom is -0.0353 e. The molecule has 8 heavy (non-hydrogen) atoms. The monoisotopic (exact) mass is 132 g/mol. The smallest absolute Gasteiger partial charge is 0.0353 e. The molecule has 0 spiro atoms. The summed E-state index contributed by atoms with van der Waals surface area (Å²) in [6.45, 7) is 4.00. The van der Waals surface area contributed by atoms with Gasteiger partial charge in [-0.05, 0) is 25.2 Å². The standard InChI is InChI=1S/C5H11P.C2H6/c1-2-4-6-5-3-1;1-2/h6H,1-5H2;1-2H3. The fourth-order valence-electron chi connectivity index (χ4n) is 0.802. The van der Waals surface area contributed by atoms with Crippen LogP contribution in [-0.4, -0.2) is 12.3 Å². The van der Waals surface area contributed by atoms with Crippen molar-refractivity contribution in [2.45, 2.75) is 33.1 Å². The predicted octanol–water partition coefficient (Wildman–Crippen LogP) is 2.88. The van der Waals surface area contributed by atoms with Crippen LogP contribution in [0.25, 0.3) is 0 Å². The molecule has 0 N–H and O–H groups in total. The molecule has 0 aliphatic carbocycles. The molecule has 1 aliphatic heterocycles. The summed E-state index contributed by atoms with van der Waals surface area (Å²) in [5, 5.41) is 0. The molecule has 1 heteroatoms. The highest BCUT2D eigenvalue weighted by atomic mass is 31.1. The van der Waals surface area contributed by atoms with Gasteiger partial charge >= 0.3 is 0 Å². The van der Waals surface area contributed by atoms with E-state index in [1.807, 2.05) is 13.8 Å². The summed E-state index contributed by atoms with van der Waals surface area (Å²) in [4.78, 5) is 0. The highest BCUT2D eigenvalue weighted by Crippen LogP contribution is 2.21. The van der Waals surface area contributed by atoms with Crippen LogP contribution < -0.4 is 0 Å². The lowest BCUT2D eigenvalue weighted by Crippen LogP contribution is -1.89. The van der Waals surface area contributed by atoms with E-state index in [4.69, 9.17) is 0 Å². The lowest BCUT2D eigenvalue weighted by atomic mass is 10.3. The number of rotatable bonds is 0. The minimum absolute atomic E-state index is 1.30. The lowest BCUT2D eigenvalue weighted by Gasteiger charge is -2.06. The van der Waals surface area contributed by atoms with E-state index in [1.165, 1.54) is 40.2 Å². The Kier molecular flexibility index (Phi) is 7.83. The zero-order valence-corrected chi connectivity index (χ0v) is 7.04. The molecular formula is C7H17P. The van der Waals surface area contributed by atoms with Gasteiger partial charge in [-0.3, -0.25) is 0 Å². The molecule has 0 radical (unpaired) electrons. The molecule has 0 bridgehead atoms. The minimum Gasteiger partial charge on any atom is -0.122 e. The van der Waals surface area contributed by atoms with Crippen LogP contribution >= 0.6 is 8.58 Å². The van der Waals surface area contributed by atoms with Crippen molar-refractivity contribution in [3.05, 3.63) is 0 Å². The Bertz CT molecular complexity index is 19.9. The molecule has 50 valence electrons. The van der Waals surface area contributed by atoms with E-state index in [0.29, 0.717) is 0 Å². The van der Waals surface area contributed by atoms with Crippen LogP contribution in [0.3, 0.4) is 0 Å². The molecule has 0 amide bonds. The van der Waals surface area contributed by atoms with Crippen LogP contribution in [0.5, 0.6) is 0 Å². The molecule has 1 aliphatic rings. The van der Waals surface area contributed by atoms with Gasteiger partial charge in [-0.15, -0.1) is 8.58 Å². The van der Waals surface area contributed by atoms with Crippen LogP contribution in [0.2, 0.25) is 0 Å². The van der Waals surface area contributed by atoms with Crippen LogP contribution in [0.15, 0.2) is 0 Å². The summed E-state index contributed by atoms with van der Waals surface area (Å²) in [5.41, 5.74) is 0. The first kappa shape index (κ1) is 8.43. The van der Waals surface area contributed by atoms with Crippen LogP contribution in [0.4, 0.5) is 0 Å². The van der Waals surface area contributed by atoms with Crippen molar-refractivity contribution in [2.75, 3.05) is 12.3 Å². The molecule has 1 heterocycles. The van der Waals surface area contributed by atoms with E-state index in [9.17, 15) is 0 Å². The summed E-state index contributed by atoms with van der Waals surface area (Å²) >= 11 is 0. The van der Waals surface area contributed by atoms with E-state index in [2.05, 4.69) is 0 Å². The Labute approximate surface area is 54.8 Å². The molecule has 0 saturated carbocycles. The predicted molar refractivity (Wildman–Crippen MR) is 43.2 cm³/mol. The minimum atomic E-state index is 1.30. The first-order valence-corrected chi connectivity index (χ1v) is 5.12. The van der Waals surface area contributed by atoms with Crippen LogP contribution in [0, 0.1) is 0 Å². The van der Waals surface area contributed by atoms with E-state index in [0.717, 1.165) is 0 Å². The van der Waals surface area contributed by atoms with E-state index < -0.39 is 0 Å². The second kappa shape index (κ2) is 7.43. The maximum atomic E-state index is 2.00. The SMILES string of the molecule is C1CCPCC1.CC. The van der Waals surface area contributed by atoms with Crippen molar-refractivity contribution in [1.82, 2.24) is 0 Å². The van der Waals surface area contributed by atoms with Gasteiger partial charge in [-0.1, -0.05) is 20.3 Å². The van der Waals surface area contributed by atoms with Crippen molar-refractivity contribution >= 4 is 8.58 Å². The van der Waals surface area contributed by atoms with Crippen molar-refractivity contribution in [2.24, 2.45) is 0 Å². The summed E-state index contributed by atoms with van der Waals surface area (Å²) in [5.74, 6) is 0. The summed E-state index contributed by atoms with van der Waals surface area (Å²) in [7, 11) is 1.30. The van der Waals surface area contributed by atoms with Gasteiger partial charge in [0.15, 0.2) is 0 Å². The van der Waals surface area contributed by atoms with Gasteiger partial charge in [0, 0.05) is 0 Å². The van der Waals surface area contributed by atoms with Crippen molar-refractivity contribution < 1.29 is 0 Å². The summed E-state index contributed by atoms with van der Waals surface area (Å²) in [6, 6.07) is 0. The molecule has 1 fully saturated rings. The molecule has 1 saturated heterocycles. The second-order valence-electron chi connectivity index (χ2n) is 1.81. The van der Waals surface area contributed by atoms with Crippen molar-refractivity contribution in [1.29, 1.82) is 0 Å². The Hall–Kier alpha value is 0.430. The van der Waals surface area contributed by atoms with E-state index in [-0.39, 0.29) is 0 Å². The highest BCUT2D eigenvalue weighted by Gasteiger charge is 1.95. The Morgan fingerprint density at radius 3 is 1.50 bits per heavy atom. The van der Waals surface area contributed by atoms with E-state index in [1.54, 1.807) is 0 Å². The fourth-order valence-corrected chi connectivity index (χ4v) is 2.05. The van der Waals surface area contributed by atoms with Crippen molar-refractivity contribution in [3.8, 4) is 0 Å². The van der Waals surface area contributed by atoms with Gasteiger partial charge in [0.2, 0.25) is 0 Å². The summed E-state index contributed by atoms with van der Waals surface area (Å²) < 4.78 is 0. The average molecular weight is 132 g/mol. The second-order valence-corrected chi connectivity index (χ2v) is 3.31. The molecule has 1 rings (SSSR count). The fraction of sp³-hybridized carbons (Fsp3) is 1.00. The molecule has 0 aromatic carbocycles. The quantitative estimate of drug-likeness (QED) is 0.444. The maximum absolute atomic E-state index is 2.00. The van der Waals surface area contributed by atoms with Crippen molar-refractivity contribution in [3.63, 3.8) is 0 Å². The number of hydrogen-bond acceptors (Lipinski definition) is 0. The summed E-state index contributed by atoms with van der Waals surface area (Å²) in [6.07, 6.45) is 7.59. The Balaban J connectivity index is 0.000000222. The Morgan fingerprint density at radius 1 is 0.875 bits per heavy atom. The van der Waals surface area contributed by atoms with Crippen LogP contribution in [0.1, 0.15) is 33.1 Å². The third-order valence-corrected chi connectivity index (χ3v) is 2.62. The van der Waals surface area contributed by atoms with Gasteiger partial charge in [0.1, 0.15) is 0 Å². The largest absolute Gasteiger partial charge is 0.122 e. The van der Waals surface area contributed by atoms with Gasteiger partial charge < -0.3 is 0 Å². The van der Waals surface area contributed by atoms with Gasteiger partial charge in [0.25, 0.3) is 0 Å². The average Bonchev–Trinajstić information content (AvgIpc) is 1.96. The normalized spacial score (nSPS) is 18.8. The number of hydrogen-bond donors (Lipinski definition) is 0. The zero-order chi connectivity index (χ0) is 6.24.